The summed E-state index contributed by atoms with van der Waals surface area (Å²) in [5, 5.41) is 44.9. The van der Waals surface area contributed by atoms with Crippen LogP contribution in [0.2, 0.25) is 0 Å². The van der Waals surface area contributed by atoms with Crippen LogP contribution in [0.25, 0.3) is 0 Å². The minimum absolute atomic E-state index is 0. The molecular weight excluding hydrogens is 178 g/mol. The van der Waals surface area contributed by atoms with Crippen molar-refractivity contribution in [3.63, 3.8) is 0 Å². The van der Waals surface area contributed by atoms with E-state index in [1.165, 1.54) is 0 Å². The summed E-state index contributed by atoms with van der Waals surface area (Å²) >= 11 is 0. The Hall–Kier alpha value is -0.110. The quantitative estimate of drug-likeness (QED) is 0.260. The van der Waals surface area contributed by atoms with E-state index in [1.54, 1.807) is 13.8 Å². The van der Waals surface area contributed by atoms with Crippen molar-refractivity contribution in [2.45, 2.75) is 13.8 Å². The summed E-state index contributed by atoms with van der Waals surface area (Å²) in [4.78, 5) is 0. The molecule has 0 fully saturated rings. The molecule has 78 valence electrons. The maximum Gasteiger partial charge on any atom is 0.482 e. The molecule has 13 heavy (non-hydrogen) atoms. The Labute approximate surface area is 79.1 Å². The highest BCUT2D eigenvalue weighted by molar-refractivity contribution is 6.13. The van der Waals surface area contributed by atoms with Crippen molar-refractivity contribution in [2.24, 2.45) is 5.41 Å². The molecule has 0 spiro atoms. The fourth-order valence-electron chi connectivity index (χ4n) is 0.0500. The van der Waals surface area contributed by atoms with Gasteiger partial charge in [-0.25, -0.2) is 0 Å². The van der Waals surface area contributed by atoms with E-state index in [-0.39, 0.29) is 34.0 Å². The van der Waals surface area contributed by atoms with Gasteiger partial charge in [-0.3, -0.25) is 0 Å². The fourth-order valence-corrected chi connectivity index (χ4v) is 0.0500. The third kappa shape index (κ3) is 33.5. The van der Waals surface area contributed by atoms with Gasteiger partial charge in [0.05, 0.1) is 13.2 Å². The van der Waals surface area contributed by atoms with Crippen LogP contribution in [0.3, 0.4) is 0 Å². The van der Waals surface area contributed by atoms with Crippen molar-refractivity contribution in [2.75, 3.05) is 13.2 Å². The Morgan fingerprint density at radius 3 is 1.00 bits per heavy atom. The summed E-state index contributed by atoms with van der Waals surface area (Å²) in [5.41, 5.74) is -0.306. The standard InChI is InChI=1S/C5H12O2.2BH2O2/c1-5(2,3-6)4-7;2*2-1-3/h6-7H,3-4H2,1-2H3;2*2-3H. The molecule has 0 rings (SSSR count). The molecule has 0 aromatic carbocycles. The molecule has 6 N–H and O–H groups in total. The first-order chi connectivity index (χ1) is 5.95. The Morgan fingerprint density at radius 2 is 1.00 bits per heavy atom. The Kier molecular flexibility index (Phi) is 20.7. The summed E-state index contributed by atoms with van der Waals surface area (Å²) in [6.07, 6.45) is 0. The minimum atomic E-state index is -0.306. The highest BCUT2D eigenvalue weighted by atomic mass is 16.4. The van der Waals surface area contributed by atoms with Crippen LogP contribution in [-0.4, -0.2) is 58.9 Å². The molecule has 0 aliphatic rings. The Morgan fingerprint density at radius 1 is 0.846 bits per heavy atom. The van der Waals surface area contributed by atoms with E-state index in [1.807, 2.05) is 0 Å². The van der Waals surface area contributed by atoms with Gasteiger partial charge in [0, 0.05) is 5.41 Å². The molecule has 0 saturated heterocycles. The van der Waals surface area contributed by atoms with Gasteiger partial charge in [0.25, 0.3) is 0 Å². The van der Waals surface area contributed by atoms with Gasteiger partial charge >= 0.3 is 15.4 Å². The lowest BCUT2D eigenvalue weighted by Gasteiger charge is -2.16. The van der Waals surface area contributed by atoms with Gasteiger partial charge in [-0.2, -0.15) is 0 Å². The Bertz CT molecular complexity index is 73.4. The normalized spacial score (nSPS) is 8.62. The number of rotatable bonds is 2. The zero-order chi connectivity index (χ0) is 11.3. The number of aliphatic hydroxyl groups excluding tert-OH is 2. The lowest BCUT2D eigenvalue weighted by molar-refractivity contribution is 0.0857. The van der Waals surface area contributed by atoms with Crippen molar-refractivity contribution in [1.29, 1.82) is 0 Å². The molecule has 6 nitrogen and oxygen atoms in total. The number of aliphatic hydroxyl groups is 2. The van der Waals surface area contributed by atoms with Gasteiger partial charge in [-0.1, -0.05) is 13.8 Å². The summed E-state index contributed by atoms with van der Waals surface area (Å²) in [5.74, 6) is 0. The van der Waals surface area contributed by atoms with Gasteiger partial charge in [0.15, 0.2) is 0 Å². The third-order valence-corrected chi connectivity index (χ3v) is 0.856. The molecule has 8 heteroatoms. The van der Waals surface area contributed by atoms with Gasteiger partial charge in [0.2, 0.25) is 0 Å². The van der Waals surface area contributed by atoms with Crippen molar-refractivity contribution < 1.29 is 30.3 Å². The van der Waals surface area contributed by atoms with Crippen LogP contribution in [0.1, 0.15) is 13.8 Å². The van der Waals surface area contributed by atoms with E-state index < -0.39 is 0 Å². The molecule has 0 aliphatic carbocycles. The van der Waals surface area contributed by atoms with E-state index in [9.17, 15) is 0 Å². The molecule has 0 aromatic rings. The number of hydrogen-bond donors (Lipinski definition) is 6. The molecule has 2 radical (unpaired) electrons. The predicted octanol–water partition coefficient (Wildman–Crippen LogP) is -2.99. The summed E-state index contributed by atoms with van der Waals surface area (Å²) in [7, 11) is 0. The van der Waals surface area contributed by atoms with Gasteiger partial charge < -0.3 is 30.3 Å². The van der Waals surface area contributed by atoms with E-state index in [2.05, 4.69) is 0 Å². The minimum Gasteiger partial charge on any atom is -0.429 e. The van der Waals surface area contributed by atoms with Crippen molar-refractivity contribution in [3.8, 4) is 0 Å². The highest BCUT2D eigenvalue weighted by Crippen LogP contribution is 2.10. The summed E-state index contributed by atoms with van der Waals surface area (Å²) in [6, 6.07) is 0. The van der Waals surface area contributed by atoms with Crippen LogP contribution in [0, 0.1) is 5.41 Å². The molecular formula is C5H16B2O6. The van der Waals surface area contributed by atoms with Crippen molar-refractivity contribution in [3.05, 3.63) is 0 Å². The van der Waals surface area contributed by atoms with E-state index >= 15 is 0 Å². The van der Waals surface area contributed by atoms with Crippen LogP contribution in [0.15, 0.2) is 0 Å². The van der Waals surface area contributed by atoms with Gasteiger partial charge in [-0.05, 0) is 0 Å². The van der Waals surface area contributed by atoms with E-state index in [0.29, 0.717) is 0 Å². The van der Waals surface area contributed by atoms with Gasteiger partial charge in [-0.15, -0.1) is 0 Å². The zero-order valence-electron chi connectivity index (χ0n) is 7.75. The van der Waals surface area contributed by atoms with Gasteiger partial charge in [0.1, 0.15) is 0 Å². The smallest absolute Gasteiger partial charge is 0.429 e. The lowest BCUT2D eigenvalue weighted by Crippen LogP contribution is -2.20. The van der Waals surface area contributed by atoms with Crippen LogP contribution >= 0.6 is 0 Å². The van der Waals surface area contributed by atoms with E-state index in [0.717, 1.165) is 0 Å². The lowest BCUT2D eigenvalue weighted by atomic mass is 9.97. The highest BCUT2D eigenvalue weighted by Gasteiger charge is 2.13. The van der Waals surface area contributed by atoms with Crippen LogP contribution in [0.5, 0.6) is 0 Å². The topological polar surface area (TPSA) is 121 Å². The number of hydrogen-bond acceptors (Lipinski definition) is 6. The predicted molar refractivity (Wildman–Crippen MR) is 48.3 cm³/mol. The maximum absolute atomic E-state index is 8.43. The molecule has 0 bridgehead atoms. The SMILES string of the molecule is CC(C)(CO)CO.O[B]O.O[B]O. The zero-order valence-corrected chi connectivity index (χ0v) is 7.75. The molecule has 0 amide bonds. The monoisotopic (exact) mass is 194 g/mol. The van der Waals surface area contributed by atoms with Crippen molar-refractivity contribution >= 4 is 15.4 Å². The molecule has 0 atom stereocenters. The van der Waals surface area contributed by atoms with Crippen molar-refractivity contribution in [1.82, 2.24) is 0 Å². The average molecular weight is 194 g/mol. The fraction of sp³-hybridized carbons (Fsp3) is 1.00. The molecule has 0 saturated carbocycles. The largest absolute Gasteiger partial charge is 0.482 e. The first kappa shape index (κ1) is 18.6. The van der Waals surface area contributed by atoms with E-state index in [4.69, 9.17) is 30.3 Å². The second-order valence-electron chi connectivity index (χ2n) is 2.71. The van der Waals surface area contributed by atoms with Crippen LogP contribution in [0.4, 0.5) is 0 Å². The summed E-state index contributed by atoms with van der Waals surface area (Å²) in [6.45, 7) is 3.69. The van der Waals surface area contributed by atoms with Crippen LogP contribution < -0.4 is 0 Å². The van der Waals surface area contributed by atoms with Crippen LogP contribution in [-0.2, 0) is 0 Å². The Balaban J connectivity index is -0.000000140. The second kappa shape index (κ2) is 14.4. The third-order valence-electron chi connectivity index (χ3n) is 0.856. The first-order valence-corrected chi connectivity index (χ1v) is 3.37. The average Bonchev–Trinajstić information content (AvgIpc) is 2.08. The molecule has 0 heterocycles. The first-order valence-electron chi connectivity index (χ1n) is 3.37. The molecule has 0 unspecified atom stereocenters. The molecule has 0 aliphatic heterocycles. The maximum atomic E-state index is 8.43. The second-order valence-corrected chi connectivity index (χ2v) is 2.71. The molecule has 0 aromatic heterocycles. The summed E-state index contributed by atoms with van der Waals surface area (Å²) < 4.78 is 0.